The topological polar surface area (TPSA) is 42.4 Å². The van der Waals surface area contributed by atoms with E-state index in [4.69, 9.17) is 4.74 Å². The number of ether oxygens (including phenoxy) is 1. The molecule has 3 fully saturated rings. The van der Waals surface area contributed by atoms with Gasteiger partial charge in [-0.1, -0.05) is 18.2 Å². The van der Waals surface area contributed by atoms with E-state index in [0.29, 0.717) is 11.7 Å². The lowest BCUT2D eigenvalue weighted by atomic mass is 9.92. The molecule has 3 aliphatic rings. The van der Waals surface area contributed by atoms with Crippen LogP contribution in [0.2, 0.25) is 0 Å². The first-order valence-corrected chi connectivity index (χ1v) is 10.1. The molecule has 5 rings (SSSR count). The molecule has 1 saturated carbocycles. The molecule has 130 valence electrons. The number of carbonyl (C=O) groups excluding carboxylic acids is 1. The lowest BCUT2D eigenvalue weighted by Crippen LogP contribution is -2.60. The normalized spacial score (nSPS) is 24.6. The highest BCUT2D eigenvalue weighted by molar-refractivity contribution is 8.01. The number of fused-ring (bicyclic) bond motifs is 1. The quantitative estimate of drug-likeness (QED) is 0.844. The number of carbonyl (C=O) groups is 1. The summed E-state index contributed by atoms with van der Waals surface area (Å²) >= 11 is 2.00. The fraction of sp³-hybridized carbons (Fsp3) is 0.500. The van der Waals surface area contributed by atoms with Crippen LogP contribution in [0, 0.1) is 5.92 Å². The summed E-state index contributed by atoms with van der Waals surface area (Å²) < 4.78 is 6.28. The largest absolute Gasteiger partial charge is 0.377 e. The van der Waals surface area contributed by atoms with Gasteiger partial charge in [0.2, 0.25) is 0 Å². The SMILES string of the molecule is O=C(c1cnc2ccccc2c1)N1CC2(CC(OCC3CC3)CS2)C1. The van der Waals surface area contributed by atoms with E-state index in [1.807, 2.05) is 47.0 Å². The maximum absolute atomic E-state index is 12.8. The molecule has 1 aliphatic carbocycles. The predicted octanol–water partition coefficient (Wildman–Crippen LogP) is 3.36. The van der Waals surface area contributed by atoms with Gasteiger partial charge in [0.25, 0.3) is 5.91 Å². The van der Waals surface area contributed by atoms with Gasteiger partial charge in [-0.25, -0.2) is 0 Å². The van der Waals surface area contributed by atoms with Crippen molar-refractivity contribution in [2.45, 2.75) is 30.1 Å². The average Bonchev–Trinajstić information content (AvgIpc) is 3.35. The second kappa shape index (κ2) is 5.99. The smallest absolute Gasteiger partial charge is 0.255 e. The molecular weight excluding hydrogens is 332 g/mol. The fourth-order valence-electron chi connectivity index (χ4n) is 3.85. The zero-order valence-electron chi connectivity index (χ0n) is 14.2. The minimum atomic E-state index is 0.104. The summed E-state index contributed by atoms with van der Waals surface area (Å²) in [4.78, 5) is 19.1. The highest BCUT2D eigenvalue weighted by atomic mass is 32.2. The van der Waals surface area contributed by atoms with Gasteiger partial charge in [0.05, 0.1) is 21.9 Å². The highest BCUT2D eigenvalue weighted by Crippen LogP contribution is 2.46. The molecule has 0 N–H and O–H groups in total. The molecule has 1 spiro atoms. The third-order valence-electron chi connectivity index (χ3n) is 5.52. The van der Waals surface area contributed by atoms with Crippen LogP contribution < -0.4 is 0 Å². The van der Waals surface area contributed by atoms with Crippen LogP contribution in [0.4, 0.5) is 0 Å². The second-order valence-corrected chi connectivity index (χ2v) is 9.16. The summed E-state index contributed by atoms with van der Waals surface area (Å²) in [5, 5.41) is 1.02. The van der Waals surface area contributed by atoms with Crippen LogP contribution in [-0.4, -0.2) is 52.1 Å². The molecule has 1 amide bonds. The Labute approximate surface area is 151 Å². The number of aromatic nitrogens is 1. The van der Waals surface area contributed by atoms with Crippen LogP contribution >= 0.6 is 11.8 Å². The second-order valence-electron chi connectivity index (χ2n) is 7.67. The summed E-state index contributed by atoms with van der Waals surface area (Å²) in [5.41, 5.74) is 1.62. The van der Waals surface area contributed by atoms with E-state index < -0.39 is 0 Å². The number of para-hydroxylation sites is 1. The molecule has 4 nitrogen and oxygen atoms in total. The first kappa shape index (κ1) is 15.6. The summed E-state index contributed by atoms with van der Waals surface area (Å²) in [6.07, 6.45) is 5.86. The molecule has 1 unspecified atom stereocenters. The summed E-state index contributed by atoms with van der Waals surface area (Å²) in [5.74, 6) is 2.00. The van der Waals surface area contributed by atoms with E-state index >= 15 is 0 Å². The van der Waals surface area contributed by atoms with Crippen LogP contribution in [0.25, 0.3) is 10.9 Å². The third-order valence-corrected chi connectivity index (χ3v) is 7.10. The highest BCUT2D eigenvalue weighted by Gasteiger charge is 2.51. The number of benzene rings is 1. The first-order chi connectivity index (χ1) is 12.2. The van der Waals surface area contributed by atoms with Gasteiger partial charge in [-0.15, -0.1) is 11.8 Å². The molecule has 0 bridgehead atoms. The van der Waals surface area contributed by atoms with Crippen molar-refractivity contribution in [2.24, 2.45) is 5.92 Å². The molecule has 1 atom stereocenters. The number of pyridine rings is 1. The Morgan fingerprint density at radius 3 is 3.00 bits per heavy atom. The molecule has 1 aromatic carbocycles. The Morgan fingerprint density at radius 2 is 2.16 bits per heavy atom. The van der Waals surface area contributed by atoms with E-state index in [0.717, 1.165) is 48.7 Å². The van der Waals surface area contributed by atoms with E-state index in [2.05, 4.69) is 4.98 Å². The standard InChI is InChI=1S/C20H22N2O2S/c23-19(16-7-15-3-1-2-4-18(15)21-9-16)22-12-20(13-22)8-17(11-25-20)24-10-14-5-6-14/h1-4,7,9,14,17H,5-6,8,10-13H2. The Hall–Kier alpha value is -1.59. The van der Waals surface area contributed by atoms with Crippen molar-refractivity contribution in [3.63, 3.8) is 0 Å². The number of nitrogens with zero attached hydrogens (tertiary/aromatic N) is 2. The monoisotopic (exact) mass is 354 g/mol. The van der Waals surface area contributed by atoms with Crippen LogP contribution in [-0.2, 0) is 4.74 Å². The third kappa shape index (κ3) is 3.04. The Kier molecular flexibility index (Phi) is 3.75. The van der Waals surface area contributed by atoms with Crippen molar-refractivity contribution in [3.8, 4) is 0 Å². The van der Waals surface area contributed by atoms with Gasteiger partial charge in [0.15, 0.2) is 0 Å². The van der Waals surface area contributed by atoms with Gasteiger partial charge in [-0.2, -0.15) is 0 Å². The Balaban J connectivity index is 1.21. The van der Waals surface area contributed by atoms with Gasteiger partial charge in [-0.3, -0.25) is 9.78 Å². The van der Waals surface area contributed by atoms with Crippen molar-refractivity contribution in [1.82, 2.24) is 9.88 Å². The summed E-state index contributed by atoms with van der Waals surface area (Å²) in [6.45, 7) is 2.62. The lowest BCUT2D eigenvalue weighted by Gasteiger charge is -2.47. The van der Waals surface area contributed by atoms with E-state index in [9.17, 15) is 4.79 Å². The van der Waals surface area contributed by atoms with Gasteiger partial charge >= 0.3 is 0 Å². The molecule has 0 radical (unpaired) electrons. The zero-order valence-corrected chi connectivity index (χ0v) is 15.0. The fourth-order valence-corrected chi connectivity index (χ4v) is 5.40. The average molecular weight is 354 g/mol. The summed E-state index contributed by atoms with van der Waals surface area (Å²) in [6, 6.07) is 9.88. The van der Waals surface area contributed by atoms with Gasteiger partial charge in [0.1, 0.15) is 0 Å². The number of hydrogen-bond acceptors (Lipinski definition) is 4. The number of thioether (sulfide) groups is 1. The van der Waals surface area contributed by atoms with Crippen LogP contribution in [0.1, 0.15) is 29.6 Å². The molecule has 2 saturated heterocycles. The van der Waals surface area contributed by atoms with Gasteiger partial charge in [-0.05, 0) is 37.3 Å². The maximum Gasteiger partial charge on any atom is 0.255 e. The molecular formula is C20H22N2O2S. The molecule has 3 heterocycles. The van der Waals surface area contributed by atoms with Crippen molar-refractivity contribution in [2.75, 3.05) is 25.4 Å². The van der Waals surface area contributed by atoms with Gasteiger partial charge < -0.3 is 9.64 Å². The van der Waals surface area contributed by atoms with Crippen molar-refractivity contribution >= 4 is 28.6 Å². The number of hydrogen-bond donors (Lipinski definition) is 0. The molecule has 2 aliphatic heterocycles. The van der Waals surface area contributed by atoms with E-state index in [-0.39, 0.29) is 10.7 Å². The minimum Gasteiger partial charge on any atom is -0.377 e. The molecule has 1 aromatic heterocycles. The van der Waals surface area contributed by atoms with Crippen molar-refractivity contribution in [1.29, 1.82) is 0 Å². The van der Waals surface area contributed by atoms with E-state index in [1.165, 1.54) is 12.8 Å². The molecule has 2 aromatic rings. The molecule has 5 heteroatoms. The molecule has 25 heavy (non-hydrogen) atoms. The minimum absolute atomic E-state index is 0.104. The van der Waals surface area contributed by atoms with Crippen LogP contribution in [0.5, 0.6) is 0 Å². The Bertz CT molecular complexity index is 814. The van der Waals surface area contributed by atoms with Crippen molar-refractivity contribution in [3.05, 3.63) is 42.1 Å². The number of likely N-dealkylation sites (tertiary alicyclic amines) is 1. The van der Waals surface area contributed by atoms with Crippen molar-refractivity contribution < 1.29 is 9.53 Å². The maximum atomic E-state index is 12.8. The summed E-state index contributed by atoms with van der Waals surface area (Å²) in [7, 11) is 0. The van der Waals surface area contributed by atoms with E-state index in [1.54, 1.807) is 6.20 Å². The number of rotatable bonds is 4. The Morgan fingerprint density at radius 1 is 1.32 bits per heavy atom. The predicted molar refractivity (Wildman–Crippen MR) is 99.9 cm³/mol. The lowest BCUT2D eigenvalue weighted by molar-refractivity contribution is 0.0287. The first-order valence-electron chi connectivity index (χ1n) is 9.10. The van der Waals surface area contributed by atoms with Crippen LogP contribution in [0.3, 0.4) is 0 Å². The van der Waals surface area contributed by atoms with Gasteiger partial charge in [0, 0.05) is 37.0 Å². The number of amides is 1. The zero-order chi connectivity index (χ0) is 16.9. The van der Waals surface area contributed by atoms with Crippen LogP contribution in [0.15, 0.2) is 36.5 Å².